The van der Waals surface area contributed by atoms with E-state index in [4.69, 9.17) is 4.74 Å². The van der Waals surface area contributed by atoms with Crippen LogP contribution < -0.4 is 4.74 Å². The highest BCUT2D eigenvalue weighted by atomic mass is 32.2. The minimum absolute atomic E-state index is 0.0821. The summed E-state index contributed by atoms with van der Waals surface area (Å²) in [5.74, 6) is -2.55. The summed E-state index contributed by atoms with van der Waals surface area (Å²) < 4.78 is 32.5. The van der Waals surface area contributed by atoms with Gasteiger partial charge in [-0.05, 0) is 48.9 Å². The zero-order valence-electron chi connectivity index (χ0n) is 20.7. The SMILES string of the molecule is COc1ccc(CN2C(=O)C(N3C(=O)c4ccccc4C3=O)CC(S(=O)(=O)c3ccc(C)cc3)C2=O)cc1. The normalized spacial score (nSPS) is 19.6. The number of nitrogens with zero attached hydrogens (tertiary/aromatic N) is 2. The van der Waals surface area contributed by atoms with Crippen molar-refractivity contribution in [2.24, 2.45) is 0 Å². The molecule has 1 fully saturated rings. The molecule has 10 heteroatoms. The third kappa shape index (κ3) is 4.16. The molecule has 5 rings (SSSR count). The van der Waals surface area contributed by atoms with Gasteiger partial charge in [0, 0.05) is 6.42 Å². The van der Waals surface area contributed by atoms with Crippen LogP contribution in [0.4, 0.5) is 0 Å². The predicted molar refractivity (Wildman–Crippen MR) is 136 cm³/mol. The van der Waals surface area contributed by atoms with Crippen LogP contribution in [0.2, 0.25) is 0 Å². The number of imide groups is 2. The van der Waals surface area contributed by atoms with E-state index in [0.717, 1.165) is 15.4 Å². The monoisotopic (exact) mass is 532 g/mol. The van der Waals surface area contributed by atoms with Crippen LogP contribution in [0.25, 0.3) is 0 Å². The van der Waals surface area contributed by atoms with Gasteiger partial charge in [0.05, 0.1) is 29.7 Å². The van der Waals surface area contributed by atoms with Crippen LogP contribution in [0.5, 0.6) is 5.75 Å². The Kier molecular flexibility index (Phi) is 6.36. The van der Waals surface area contributed by atoms with E-state index in [2.05, 4.69) is 0 Å². The summed E-state index contributed by atoms with van der Waals surface area (Å²) in [7, 11) is -2.76. The summed E-state index contributed by atoms with van der Waals surface area (Å²) >= 11 is 0. The lowest BCUT2D eigenvalue weighted by Crippen LogP contribution is -2.61. The fourth-order valence-corrected chi connectivity index (χ4v) is 6.47. The van der Waals surface area contributed by atoms with Crippen molar-refractivity contribution in [1.82, 2.24) is 9.80 Å². The van der Waals surface area contributed by atoms with E-state index in [0.29, 0.717) is 11.3 Å². The van der Waals surface area contributed by atoms with Crippen molar-refractivity contribution >= 4 is 33.5 Å². The molecule has 2 unspecified atom stereocenters. The second kappa shape index (κ2) is 9.53. The number of sulfone groups is 1. The van der Waals surface area contributed by atoms with E-state index in [1.165, 1.54) is 31.4 Å². The van der Waals surface area contributed by atoms with E-state index in [-0.39, 0.29) is 22.6 Å². The lowest BCUT2D eigenvalue weighted by Gasteiger charge is -2.38. The van der Waals surface area contributed by atoms with Crippen LogP contribution in [0.15, 0.2) is 77.7 Å². The minimum atomic E-state index is -4.26. The fourth-order valence-electron chi connectivity index (χ4n) is 4.79. The highest BCUT2D eigenvalue weighted by Gasteiger charge is 2.53. The number of amides is 4. The van der Waals surface area contributed by atoms with Crippen molar-refractivity contribution in [3.8, 4) is 5.75 Å². The number of hydrogen-bond acceptors (Lipinski definition) is 7. The molecular formula is C28H24N2O7S. The second-order valence-corrected chi connectivity index (χ2v) is 11.4. The maximum Gasteiger partial charge on any atom is 0.262 e. The van der Waals surface area contributed by atoms with Crippen LogP contribution in [0.1, 0.15) is 38.3 Å². The molecular weight excluding hydrogens is 508 g/mol. The predicted octanol–water partition coefficient (Wildman–Crippen LogP) is 2.77. The summed E-state index contributed by atoms with van der Waals surface area (Å²) in [6.45, 7) is 1.57. The summed E-state index contributed by atoms with van der Waals surface area (Å²) in [6.07, 6.45) is -0.529. The van der Waals surface area contributed by atoms with Crippen molar-refractivity contribution < 1.29 is 32.3 Å². The molecule has 9 nitrogen and oxygen atoms in total. The number of carbonyl (C=O) groups excluding carboxylic acids is 4. The van der Waals surface area contributed by atoms with Gasteiger partial charge >= 0.3 is 0 Å². The molecule has 3 aromatic rings. The maximum atomic E-state index is 13.7. The van der Waals surface area contributed by atoms with Gasteiger partial charge in [-0.15, -0.1) is 0 Å². The zero-order chi connectivity index (χ0) is 27.2. The molecule has 1 saturated heterocycles. The van der Waals surface area contributed by atoms with Crippen molar-refractivity contribution in [3.05, 3.63) is 95.1 Å². The molecule has 0 bridgehead atoms. The lowest BCUT2D eigenvalue weighted by atomic mass is 10.0. The molecule has 38 heavy (non-hydrogen) atoms. The van der Waals surface area contributed by atoms with Crippen molar-refractivity contribution in [2.75, 3.05) is 7.11 Å². The number of hydrogen-bond donors (Lipinski definition) is 0. The standard InChI is InChI=1S/C28H24N2O7S/c1-17-7-13-20(14-8-17)38(35,36)24-15-23(30-25(31)21-5-3-4-6-22(21)26(30)32)27(33)29(28(24)34)16-18-9-11-19(37-2)12-10-18/h3-14,23-24H,15-16H2,1-2H3. The average Bonchev–Trinajstić information content (AvgIpc) is 3.17. The molecule has 0 aromatic heterocycles. The Bertz CT molecular complexity index is 1530. The van der Waals surface area contributed by atoms with Gasteiger partial charge in [-0.25, -0.2) is 8.42 Å². The highest BCUT2D eigenvalue weighted by Crippen LogP contribution is 2.33. The van der Waals surface area contributed by atoms with E-state index < -0.39 is 51.2 Å². The van der Waals surface area contributed by atoms with E-state index in [9.17, 15) is 27.6 Å². The number of benzene rings is 3. The number of fused-ring (bicyclic) bond motifs is 1. The average molecular weight is 533 g/mol. The third-order valence-electron chi connectivity index (χ3n) is 6.89. The smallest absolute Gasteiger partial charge is 0.262 e. The number of likely N-dealkylation sites (tertiary alicyclic amines) is 1. The van der Waals surface area contributed by atoms with Crippen LogP contribution >= 0.6 is 0 Å². The molecule has 2 aliphatic rings. The number of rotatable bonds is 6. The zero-order valence-corrected chi connectivity index (χ0v) is 21.5. The number of ether oxygens (including phenoxy) is 1. The largest absolute Gasteiger partial charge is 0.497 e. The Hall–Kier alpha value is -4.31. The van der Waals surface area contributed by atoms with Crippen LogP contribution in [-0.2, 0) is 26.0 Å². The number of aryl methyl sites for hydroxylation is 1. The Balaban J connectivity index is 1.56. The molecule has 0 N–H and O–H groups in total. The van der Waals surface area contributed by atoms with Crippen LogP contribution in [-0.4, -0.2) is 60.2 Å². The van der Waals surface area contributed by atoms with Gasteiger partial charge in [0.1, 0.15) is 17.0 Å². The molecule has 4 amide bonds. The van der Waals surface area contributed by atoms with Crippen molar-refractivity contribution in [1.29, 1.82) is 0 Å². The number of carbonyl (C=O) groups is 4. The van der Waals surface area contributed by atoms with Crippen LogP contribution in [0, 0.1) is 6.92 Å². The number of piperidine rings is 1. The van der Waals surface area contributed by atoms with Gasteiger partial charge < -0.3 is 4.74 Å². The summed E-state index contributed by atoms with van der Waals surface area (Å²) in [6, 6.07) is 17.3. The molecule has 2 atom stereocenters. The molecule has 0 spiro atoms. The molecule has 0 radical (unpaired) electrons. The minimum Gasteiger partial charge on any atom is -0.497 e. The second-order valence-electron chi connectivity index (χ2n) is 9.23. The van der Waals surface area contributed by atoms with Gasteiger partial charge in [0.25, 0.3) is 17.7 Å². The van der Waals surface area contributed by atoms with E-state index in [1.807, 2.05) is 0 Å². The quantitative estimate of drug-likeness (QED) is 0.448. The van der Waals surface area contributed by atoms with E-state index >= 15 is 0 Å². The van der Waals surface area contributed by atoms with Crippen molar-refractivity contribution in [3.63, 3.8) is 0 Å². The first-order valence-corrected chi connectivity index (χ1v) is 13.4. The van der Waals surface area contributed by atoms with E-state index in [1.54, 1.807) is 55.5 Å². The molecule has 2 heterocycles. The highest BCUT2D eigenvalue weighted by molar-refractivity contribution is 7.92. The Morgan fingerprint density at radius 2 is 1.39 bits per heavy atom. The topological polar surface area (TPSA) is 118 Å². The summed E-state index contributed by atoms with van der Waals surface area (Å²) in [5, 5.41) is -1.67. The Morgan fingerprint density at radius 1 is 0.816 bits per heavy atom. The molecule has 0 saturated carbocycles. The Morgan fingerprint density at radius 3 is 1.95 bits per heavy atom. The fraction of sp³-hybridized carbons (Fsp3) is 0.214. The summed E-state index contributed by atoms with van der Waals surface area (Å²) in [4.78, 5) is 55.3. The first kappa shape index (κ1) is 25.3. The molecule has 2 aliphatic heterocycles. The van der Waals surface area contributed by atoms with Gasteiger partial charge in [0.2, 0.25) is 5.91 Å². The van der Waals surface area contributed by atoms with Gasteiger partial charge in [-0.2, -0.15) is 0 Å². The third-order valence-corrected chi connectivity index (χ3v) is 8.96. The van der Waals surface area contributed by atoms with Gasteiger partial charge in [-0.1, -0.05) is 42.0 Å². The van der Waals surface area contributed by atoms with Gasteiger partial charge in [-0.3, -0.25) is 29.0 Å². The van der Waals surface area contributed by atoms with Crippen LogP contribution in [0.3, 0.4) is 0 Å². The first-order valence-electron chi connectivity index (χ1n) is 11.9. The molecule has 0 aliphatic carbocycles. The first-order chi connectivity index (χ1) is 18.1. The summed E-state index contributed by atoms with van der Waals surface area (Å²) in [5.41, 5.74) is 1.63. The Labute approximate surface area is 219 Å². The maximum absolute atomic E-state index is 13.7. The number of methoxy groups -OCH3 is 1. The van der Waals surface area contributed by atoms with Gasteiger partial charge in [0.15, 0.2) is 9.84 Å². The molecule has 194 valence electrons. The molecule has 3 aromatic carbocycles. The lowest BCUT2D eigenvalue weighted by molar-refractivity contribution is -0.152. The van der Waals surface area contributed by atoms with Crippen molar-refractivity contribution in [2.45, 2.75) is 36.1 Å².